The molecule has 4 nitrogen and oxygen atoms in total. The molecule has 1 N–H and O–H groups in total. The molecule has 0 aromatic heterocycles. The van der Waals surface area contributed by atoms with Crippen LogP contribution in [0.25, 0.3) is 0 Å². The zero-order valence-corrected chi connectivity index (χ0v) is 13.8. The molecule has 0 aliphatic carbocycles. The highest BCUT2D eigenvalue weighted by atomic mass is 32.2. The van der Waals surface area contributed by atoms with E-state index in [1.54, 1.807) is 0 Å². The summed E-state index contributed by atoms with van der Waals surface area (Å²) in [5.41, 5.74) is 3.87. The highest BCUT2D eigenvalue weighted by molar-refractivity contribution is 7.88. The first-order valence-electron chi connectivity index (χ1n) is 7.06. The molecule has 1 aromatic rings. The molecule has 5 heteroatoms. The van der Waals surface area contributed by atoms with Gasteiger partial charge in [0.05, 0.1) is 6.26 Å². The van der Waals surface area contributed by atoms with Crippen LogP contribution in [0.2, 0.25) is 0 Å². The number of sulfonamides is 1. The highest BCUT2D eigenvalue weighted by Gasteiger charge is 2.12. The van der Waals surface area contributed by atoms with Gasteiger partial charge in [-0.2, -0.15) is 0 Å². The van der Waals surface area contributed by atoms with Crippen LogP contribution in [0, 0.1) is 13.8 Å². The summed E-state index contributed by atoms with van der Waals surface area (Å²) in [7, 11) is -3.06. The zero-order chi connectivity index (χ0) is 15.2. The van der Waals surface area contributed by atoms with E-state index < -0.39 is 10.0 Å². The van der Waals surface area contributed by atoms with E-state index in [0.717, 1.165) is 19.5 Å². The Morgan fingerprint density at radius 1 is 1.25 bits per heavy atom. The molecule has 114 valence electrons. The van der Waals surface area contributed by atoms with E-state index in [2.05, 4.69) is 37.4 Å². The van der Waals surface area contributed by atoms with Gasteiger partial charge in [-0.05, 0) is 37.9 Å². The van der Waals surface area contributed by atoms with Crippen LogP contribution >= 0.6 is 0 Å². The van der Waals surface area contributed by atoms with E-state index in [4.69, 9.17) is 0 Å². The highest BCUT2D eigenvalue weighted by Crippen LogP contribution is 2.10. The topological polar surface area (TPSA) is 49.4 Å². The van der Waals surface area contributed by atoms with Crippen molar-refractivity contribution < 1.29 is 8.42 Å². The minimum Gasteiger partial charge on any atom is -0.313 e. The van der Waals surface area contributed by atoms with Gasteiger partial charge < -0.3 is 5.32 Å². The number of nitrogens with zero attached hydrogens (tertiary/aromatic N) is 1. The van der Waals surface area contributed by atoms with E-state index >= 15 is 0 Å². The Labute approximate surface area is 123 Å². The monoisotopic (exact) mass is 298 g/mol. The van der Waals surface area contributed by atoms with Crippen molar-refractivity contribution in [3.63, 3.8) is 0 Å². The molecule has 0 heterocycles. The van der Waals surface area contributed by atoms with Crippen LogP contribution in [0.3, 0.4) is 0 Å². The molecule has 1 aromatic carbocycles. The molecular weight excluding hydrogens is 272 g/mol. The normalized spacial score (nSPS) is 12.1. The predicted molar refractivity (Wildman–Crippen MR) is 84.3 cm³/mol. The summed E-state index contributed by atoms with van der Waals surface area (Å²) in [5, 5.41) is 3.37. The molecule has 0 amide bonds. The Morgan fingerprint density at radius 2 is 1.95 bits per heavy atom. The minimum atomic E-state index is -3.06. The van der Waals surface area contributed by atoms with E-state index in [9.17, 15) is 8.42 Å². The smallest absolute Gasteiger partial charge is 0.211 e. The lowest BCUT2D eigenvalue weighted by molar-refractivity contribution is 0.419. The van der Waals surface area contributed by atoms with Gasteiger partial charge in [0, 0.05) is 19.6 Å². The number of hydrogen-bond acceptors (Lipinski definition) is 3. The van der Waals surface area contributed by atoms with Crippen molar-refractivity contribution in [2.75, 3.05) is 25.9 Å². The second-order valence-electron chi connectivity index (χ2n) is 5.21. The van der Waals surface area contributed by atoms with Gasteiger partial charge in [0.25, 0.3) is 0 Å². The Balaban J connectivity index is 2.32. The van der Waals surface area contributed by atoms with Crippen LogP contribution in [0.4, 0.5) is 0 Å². The second-order valence-corrected chi connectivity index (χ2v) is 7.20. The fraction of sp³-hybridized carbons (Fsp3) is 0.600. The number of nitrogens with one attached hydrogen (secondary N) is 1. The molecule has 0 saturated heterocycles. The summed E-state index contributed by atoms with van der Waals surface area (Å²) < 4.78 is 24.4. The fourth-order valence-corrected chi connectivity index (χ4v) is 3.14. The van der Waals surface area contributed by atoms with Gasteiger partial charge >= 0.3 is 0 Å². The van der Waals surface area contributed by atoms with E-state index in [1.165, 1.54) is 27.3 Å². The Kier molecular flexibility index (Phi) is 6.65. The van der Waals surface area contributed by atoms with Crippen molar-refractivity contribution in [2.24, 2.45) is 0 Å². The average Bonchev–Trinajstić information content (AvgIpc) is 2.34. The summed E-state index contributed by atoms with van der Waals surface area (Å²) in [4.78, 5) is 0. The lowest BCUT2D eigenvalue weighted by atomic mass is 10.1. The van der Waals surface area contributed by atoms with Gasteiger partial charge in [-0.25, -0.2) is 12.7 Å². The Morgan fingerprint density at radius 3 is 2.50 bits per heavy atom. The quantitative estimate of drug-likeness (QED) is 0.747. The summed E-state index contributed by atoms with van der Waals surface area (Å²) in [6.07, 6.45) is 2.09. The van der Waals surface area contributed by atoms with Crippen LogP contribution in [0.15, 0.2) is 18.2 Å². The van der Waals surface area contributed by atoms with Gasteiger partial charge in [0.15, 0.2) is 0 Å². The molecule has 0 unspecified atom stereocenters. The van der Waals surface area contributed by atoms with Crippen LogP contribution in [0.5, 0.6) is 0 Å². The first kappa shape index (κ1) is 17.1. The third kappa shape index (κ3) is 5.61. The molecule has 0 atom stereocenters. The lowest BCUT2D eigenvalue weighted by Gasteiger charge is -2.17. The fourth-order valence-electron chi connectivity index (χ4n) is 2.21. The molecule has 0 aliphatic heterocycles. The standard InChI is InChI=1S/C15H26N2O2S/c1-5-17(20(4,18)19)10-6-9-16-12-15-8-7-13(2)11-14(15)3/h7-8,11,16H,5-6,9-10,12H2,1-4H3. The van der Waals surface area contributed by atoms with Gasteiger partial charge in [-0.1, -0.05) is 30.7 Å². The number of rotatable bonds is 8. The lowest BCUT2D eigenvalue weighted by Crippen LogP contribution is -2.32. The maximum Gasteiger partial charge on any atom is 0.211 e. The van der Waals surface area contributed by atoms with Crippen molar-refractivity contribution in [1.29, 1.82) is 0 Å². The number of benzene rings is 1. The first-order chi connectivity index (χ1) is 9.34. The van der Waals surface area contributed by atoms with Crippen LogP contribution in [-0.2, 0) is 16.6 Å². The van der Waals surface area contributed by atoms with Crippen molar-refractivity contribution in [3.05, 3.63) is 34.9 Å². The predicted octanol–water partition coefficient (Wildman–Crippen LogP) is 2.06. The van der Waals surface area contributed by atoms with E-state index in [-0.39, 0.29) is 0 Å². The number of hydrogen-bond donors (Lipinski definition) is 1. The molecule has 0 fully saturated rings. The Bertz CT molecular complexity index is 527. The molecule has 0 aliphatic rings. The van der Waals surface area contributed by atoms with Crippen LogP contribution in [-0.4, -0.2) is 38.6 Å². The minimum absolute atomic E-state index is 0.538. The number of aryl methyl sites for hydroxylation is 2. The molecule has 0 spiro atoms. The summed E-state index contributed by atoms with van der Waals surface area (Å²) in [6.45, 7) is 8.84. The third-order valence-corrected chi connectivity index (χ3v) is 4.78. The van der Waals surface area contributed by atoms with Gasteiger partial charge in [-0.15, -0.1) is 0 Å². The van der Waals surface area contributed by atoms with Crippen molar-refractivity contribution in [1.82, 2.24) is 9.62 Å². The SMILES string of the molecule is CCN(CCCNCc1ccc(C)cc1C)S(C)(=O)=O. The van der Waals surface area contributed by atoms with Gasteiger partial charge in [-0.3, -0.25) is 0 Å². The van der Waals surface area contributed by atoms with Crippen LogP contribution < -0.4 is 5.32 Å². The van der Waals surface area contributed by atoms with E-state index in [1.807, 2.05) is 6.92 Å². The molecule has 20 heavy (non-hydrogen) atoms. The second kappa shape index (κ2) is 7.76. The van der Waals surface area contributed by atoms with Crippen molar-refractivity contribution >= 4 is 10.0 Å². The Hall–Kier alpha value is -0.910. The molecule has 0 bridgehead atoms. The van der Waals surface area contributed by atoms with Gasteiger partial charge in [0.2, 0.25) is 10.0 Å². The van der Waals surface area contributed by atoms with E-state index in [0.29, 0.717) is 13.1 Å². The zero-order valence-electron chi connectivity index (χ0n) is 12.9. The van der Waals surface area contributed by atoms with Crippen molar-refractivity contribution in [2.45, 2.75) is 33.7 Å². The molecular formula is C15H26N2O2S. The summed E-state index contributed by atoms with van der Waals surface area (Å²) >= 11 is 0. The average molecular weight is 298 g/mol. The molecule has 0 saturated carbocycles. The largest absolute Gasteiger partial charge is 0.313 e. The van der Waals surface area contributed by atoms with Crippen LogP contribution in [0.1, 0.15) is 30.0 Å². The molecule has 1 rings (SSSR count). The summed E-state index contributed by atoms with van der Waals surface area (Å²) in [5.74, 6) is 0. The maximum absolute atomic E-state index is 11.4. The van der Waals surface area contributed by atoms with Gasteiger partial charge in [0.1, 0.15) is 0 Å². The first-order valence-corrected chi connectivity index (χ1v) is 8.91. The third-order valence-electron chi connectivity index (χ3n) is 3.40. The summed E-state index contributed by atoms with van der Waals surface area (Å²) in [6, 6.07) is 6.44. The van der Waals surface area contributed by atoms with Crippen molar-refractivity contribution in [3.8, 4) is 0 Å². The maximum atomic E-state index is 11.4. The molecule has 0 radical (unpaired) electrons.